The number of para-hydroxylation sites is 1. The predicted molar refractivity (Wildman–Crippen MR) is 279 cm³/mol. The van der Waals surface area contributed by atoms with Gasteiger partial charge in [-0.2, -0.15) is 0 Å². The van der Waals surface area contributed by atoms with Crippen molar-refractivity contribution in [3.63, 3.8) is 0 Å². The fourth-order valence-electron chi connectivity index (χ4n) is 7.76. The number of pyridine rings is 2. The number of benzene rings is 1. The quantitative estimate of drug-likeness (QED) is 0.0455. The van der Waals surface area contributed by atoms with Gasteiger partial charge in [-0.05, 0) is 24.6 Å². The van der Waals surface area contributed by atoms with E-state index in [2.05, 4.69) is 0 Å². The predicted octanol–water partition coefficient (Wildman–Crippen LogP) is 3.14. The molecule has 0 spiro atoms. The summed E-state index contributed by atoms with van der Waals surface area (Å²) in [6.07, 6.45) is -1.07. The molecule has 0 saturated heterocycles. The lowest BCUT2D eigenvalue weighted by atomic mass is 9.85. The zero-order valence-electron chi connectivity index (χ0n) is 45.6. The van der Waals surface area contributed by atoms with Crippen molar-refractivity contribution in [2.75, 3.05) is 219 Å². The van der Waals surface area contributed by atoms with Gasteiger partial charge in [0.05, 0.1) is 234 Å². The van der Waals surface area contributed by atoms with Gasteiger partial charge >= 0.3 is 12.1 Å². The minimum atomic E-state index is -1.87. The summed E-state index contributed by atoms with van der Waals surface area (Å²) in [6, 6.07) is 11.4. The molecular formula is C54H82N2O22. The molecule has 1 atom stereocenters. The molecule has 2 aromatic heterocycles. The molecule has 1 aromatic carbocycles. The van der Waals surface area contributed by atoms with Crippen LogP contribution in [0.15, 0.2) is 41.2 Å². The summed E-state index contributed by atoms with van der Waals surface area (Å²) in [5.74, 6) is -0.777. The van der Waals surface area contributed by atoms with E-state index in [-0.39, 0.29) is 49.5 Å². The number of esters is 1. The van der Waals surface area contributed by atoms with Crippen LogP contribution >= 0.6 is 0 Å². The Labute approximate surface area is 456 Å². The maximum Gasteiger partial charge on any atom is 0.509 e. The van der Waals surface area contributed by atoms with E-state index < -0.39 is 17.7 Å². The van der Waals surface area contributed by atoms with E-state index in [9.17, 15) is 14.4 Å². The van der Waals surface area contributed by atoms with Gasteiger partial charge in [0.1, 0.15) is 13.2 Å². The van der Waals surface area contributed by atoms with E-state index in [0.717, 1.165) is 16.5 Å². The standard InChI is InChI=1S/C54H82N2O22/c1-3-54(47-41-49-50-45(40-44-6-4-5-7-48(44)55-50)42-56(49)51(57)46(47)43-77-52(54)58)78-53(59)76-39-38-75-37-36-74-35-34-73-33-32-72-31-30-71-29-28-70-27-26-69-25-24-68-23-22-67-21-20-66-19-18-65-17-16-64-15-14-63-13-12-62-11-10-61-9-8-60-2/h4-7,40-41H,3,8-39,42-43H2,1-2H3/t54-/m0/s1. The highest BCUT2D eigenvalue weighted by Gasteiger charge is 2.51. The second kappa shape index (κ2) is 40.8. The summed E-state index contributed by atoms with van der Waals surface area (Å²) in [4.78, 5) is 44.8. The van der Waals surface area contributed by atoms with E-state index >= 15 is 0 Å². The lowest BCUT2D eigenvalue weighted by Gasteiger charge is -2.35. The number of cyclic esters (lactones) is 1. The number of carbonyl (C=O) groups is 2. The molecular weight excluding hydrogens is 1030 g/mol. The molecule has 0 amide bonds. The van der Waals surface area contributed by atoms with E-state index in [0.29, 0.717) is 210 Å². The Bertz CT molecular complexity index is 2150. The zero-order chi connectivity index (χ0) is 55.0. The number of hydrogen-bond acceptors (Lipinski definition) is 23. The Hall–Kier alpha value is -4.32. The van der Waals surface area contributed by atoms with Crippen LogP contribution in [0.1, 0.15) is 30.0 Å². The third kappa shape index (κ3) is 24.2. The van der Waals surface area contributed by atoms with Crippen molar-refractivity contribution in [1.82, 2.24) is 9.55 Å². The summed E-state index contributed by atoms with van der Waals surface area (Å²) in [5.41, 5.74) is 1.16. The molecule has 440 valence electrons. The normalized spacial score (nSPS) is 14.7. The minimum Gasteiger partial charge on any atom is -0.457 e. The third-order valence-corrected chi connectivity index (χ3v) is 11.7. The molecule has 0 aliphatic carbocycles. The smallest absolute Gasteiger partial charge is 0.457 e. The molecule has 0 unspecified atom stereocenters. The molecule has 2 aliphatic heterocycles. The molecule has 0 saturated carbocycles. The minimum absolute atomic E-state index is 0.0172. The first-order chi connectivity index (χ1) is 38.5. The maximum atomic E-state index is 13.7. The molecule has 78 heavy (non-hydrogen) atoms. The largest absolute Gasteiger partial charge is 0.509 e. The van der Waals surface area contributed by atoms with Crippen molar-refractivity contribution in [1.29, 1.82) is 0 Å². The van der Waals surface area contributed by atoms with Crippen molar-refractivity contribution >= 4 is 23.0 Å². The van der Waals surface area contributed by atoms with Crippen LogP contribution in [-0.4, -0.2) is 240 Å². The van der Waals surface area contributed by atoms with Crippen LogP contribution in [0.2, 0.25) is 0 Å². The molecule has 0 N–H and O–H groups in total. The van der Waals surface area contributed by atoms with Crippen LogP contribution in [0.3, 0.4) is 0 Å². The Kier molecular flexibility index (Phi) is 33.7. The number of rotatable bonds is 50. The summed E-state index contributed by atoms with van der Waals surface area (Å²) in [7, 11) is 1.64. The van der Waals surface area contributed by atoms with E-state index in [1.165, 1.54) is 0 Å². The second-order valence-electron chi connectivity index (χ2n) is 17.1. The van der Waals surface area contributed by atoms with Crippen molar-refractivity contribution in [3.8, 4) is 11.4 Å². The summed E-state index contributed by atoms with van der Waals surface area (Å²) in [6.45, 7) is 15.7. The van der Waals surface area contributed by atoms with Crippen LogP contribution in [0.25, 0.3) is 22.3 Å². The van der Waals surface area contributed by atoms with Crippen LogP contribution < -0.4 is 5.56 Å². The van der Waals surface area contributed by atoms with Crippen molar-refractivity contribution in [2.24, 2.45) is 0 Å². The zero-order valence-corrected chi connectivity index (χ0v) is 45.6. The average molecular weight is 1110 g/mol. The monoisotopic (exact) mass is 1110 g/mol. The van der Waals surface area contributed by atoms with Crippen molar-refractivity contribution in [2.45, 2.75) is 32.1 Å². The first-order valence-corrected chi connectivity index (χ1v) is 26.8. The fourth-order valence-corrected chi connectivity index (χ4v) is 7.76. The topological polar surface area (TPSA) is 244 Å². The molecule has 4 heterocycles. The number of methoxy groups -OCH3 is 1. The van der Waals surface area contributed by atoms with Gasteiger partial charge in [-0.3, -0.25) is 4.79 Å². The maximum absolute atomic E-state index is 13.7. The first-order valence-electron chi connectivity index (χ1n) is 26.8. The fraction of sp³-hybridized carbons (Fsp3) is 0.704. The van der Waals surface area contributed by atoms with Gasteiger partial charge in [-0.25, -0.2) is 14.6 Å². The SMILES string of the molecule is CC[C@@]1(OC(=O)OCCOCCOCCOCCOCCOCCOCCOCCOCCOCCOCCOCCOCCOCCOCCOCCOC)C(=O)OCc2c1cc1n(c2=O)Cc2cc3ccccc3nc2-1. The Balaban J connectivity index is 0.708. The van der Waals surface area contributed by atoms with E-state index in [1.54, 1.807) is 24.7 Å². The third-order valence-electron chi connectivity index (χ3n) is 11.7. The van der Waals surface area contributed by atoms with Crippen LogP contribution in [-0.2, 0) is 114 Å². The second-order valence-corrected chi connectivity index (χ2v) is 17.1. The lowest BCUT2D eigenvalue weighted by molar-refractivity contribution is -0.175. The first kappa shape index (κ1) is 64.5. The highest BCUT2D eigenvalue weighted by molar-refractivity contribution is 5.87. The molecule has 24 nitrogen and oxygen atoms in total. The highest BCUT2D eigenvalue weighted by Crippen LogP contribution is 2.41. The van der Waals surface area contributed by atoms with Gasteiger partial charge in [-0.15, -0.1) is 0 Å². The van der Waals surface area contributed by atoms with Crippen LogP contribution in [0, 0.1) is 0 Å². The van der Waals surface area contributed by atoms with Crippen molar-refractivity contribution < 1.29 is 99.6 Å². The van der Waals surface area contributed by atoms with E-state index in [4.69, 9.17) is 95.0 Å². The Morgan fingerprint density at radius 2 is 0.897 bits per heavy atom. The van der Waals surface area contributed by atoms with Gasteiger partial charge in [0.15, 0.2) is 0 Å². The highest BCUT2D eigenvalue weighted by atomic mass is 16.7. The van der Waals surface area contributed by atoms with Gasteiger partial charge in [0, 0.05) is 23.6 Å². The number of hydrogen-bond donors (Lipinski definition) is 0. The molecule has 5 rings (SSSR count). The molecule has 3 aromatic rings. The van der Waals surface area contributed by atoms with Gasteiger partial charge in [-0.1, -0.05) is 25.1 Å². The Morgan fingerprint density at radius 3 is 1.28 bits per heavy atom. The van der Waals surface area contributed by atoms with Gasteiger partial charge in [0.2, 0.25) is 5.60 Å². The van der Waals surface area contributed by atoms with E-state index in [1.807, 2.05) is 30.3 Å². The van der Waals surface area contributed by atoms with Gasteiger partial charge in [0.25, 0.3) is 5.56 Å². The number of carbonyl (C=O) groups excluding carboxylic acids is 2. The average Bonchev–Trinajstić information content (AvgIpc) is 3.83. The van der Waals surface area contributed by atoms with Crippen molar-refractivity contribution in [3.05, 3.63) is 63.4 Å². The molecule has 0 bridgehead atoms. The lowest BCUT2D eigenvalue weighted by Crippen LogP contribution is -2.47. The Morgan fingerprint density at radius 1 is 0.526 bits per heavy atom. The molecule has 0 radical (unpaired) electrons. The summed E-state index contributed by atoms with van der Waals surface area (Å²) >= 11 is 0. The molecule has 24 heteroatoms. The number of fused-ring (bicyclic) bond motifs is 5. The van der Waals surface area contributed by atoms with Crippen LogP contribution in [0.4, 0.5) is 4.79 Å². The number of nitrogens with zero attached hydrogens (tertiary/aromatic N) is 2. The summed E-state index contributed by atoms with van der Waals surface area (Å²) < 4.78 is 105. The number of ether oxygens (including phenoxy) is 19. The molecule has 0 fully saturated rings. The number of aromatic nitrogens is 2. The molecule has 2 aliphatic rings. The summed E-state index contributed by atoms with van der Waals surface area (Å²) in [5, 5.41) is 0.955. The van der Waals surface area contributed by atoms with Gasteiger partial charge < -0.3 is 94.6 Å². The van der Waals surface area contributed by atoms with Crippen LogP contribution in [0.5, 0.6) is 0 Å².